The highest BCUT2D eigenvalue weighted by molar-refractivity contribution is 7.99. The van der Waals surface area contributed by atoms with E-state index in [2.05, 4.69) is 15.5 Å². The van der Waals surface area contributed by atoms with Crippen molar-refractivity contribution in [3.63, 3.8) is 0 Å². The lowest BCUT2D eigenvalue weighted by atomic mass is 10.1. The van der Waals surface area contributed by atoms with E-state index in [9.17, 15) is 4.79 Å². The number of amides is 1. The molecular formula is C21H18N4O2S. The smallest absolute Gasteiger partial charge is 0.294 e. The van der Waals surface area contributed by atoms with Crippen molar-refractivity contribution in [2.75, 3.05) is 5.32 Å². The van der Waals surface area contributed by atoms with Crippen molar-refractivity contribution in [3.05, 3.63) is 78.3 Å². The summed E-state index contributed by atoms with van der Waals surface area (Å²) >= 11 is 1.56. The van der Waals surface area contributed by atoms with Crippen molar-refractivity contribution in [2.24, 2.45) is 7.05 Å². The number of carbonyl (C=O) groups is 1. The van der Waals surface area contributed by atoms with Crippen LogP contribution in [0.1, 0.15) is 16.1 Å². The van der Waals surface area contributed by atoms with Crippen molar-refractivity contribution >= 4 is 23.4 Å². The van der Waals surface area contributed by atoms with Crippen molar-refractivity contribution in [3.8, 4) is 11.3 Å². The Bertz CT molecular complexity index is 1100. The summed E-state index contributed by atoms with van der Waals surface area (Å²) in [5.41, 5.74) is 3.38. The zero-order chi connectivity index (χ0) is 19.5. The molecule has 1 amide bonds. The topological polar surface area (TPSA) is 73.0 Å². The van der Waals surface area contributed by atoms with E-state index in [1.54, 1.807) is 24.0 Å². The first-order valence-corrected chi connectivity index (χ1v) is 9.50. The zero-order valence-electron chi connectivity index (χ0n) is 15.4. The molecular weight excluding hydrogens is 372 g/mol. The largest absolute Gasteiger partial charge is 0.350 e. The summed E-state index contributed by atoms with van der Waals surface area (Å²) in [6.07, 6.45) is 3.67. The van der Waals surface area contributed by atoms with E-state index in [1.807, 2.05) is 73.3 Å². The van der Waals surface area contributed by atoms with E-state index in [0.717, 1.165) is 21.2 Å². The fourth-order valence-electron chi connectivity index (χ4n) is 2.60. The summed E-state index contributed by atoms with van der Waals surface area (Å²) in [5, 5.41) is 7.73. The summed E-state index contributed by atoms with van der Waals surface area (Å²) < 4.78 is 7.17. The number of nitrogens with zero attached hydrogens (tertiary/aromatic N) is 3. The minimum atomic E-state index is -0.338. The average Bonchev–Trinajstić information content (AvgIpc) is 3.34. The SMILES string of the molecule is Cc1ccc(-c2cc(C(=O)Nc3ccc(Sc4nccn4C)cc3)on2)cc1. The molecule has 2 aromatic carbocycles. The number of hydrogen-bond donors (Lipinski definition) is 1. The number of hydrogen-bond acceptors (Lipinski definition) is 5. The number of rotatable bonds is 5. The predicted molar refractivity (Wildman–Crippen MR) is 108 cm³/mol. The monoisotopic (exact) mass is 390 g/mol. The first kappa shape index (κ1) is 18.1. The van der Waals surface area contributed by atoms with Crippen molar-refractivity contribution in [2.45, 2.75) is 17.0 Å². The van der Waals surface area contributed by atoms with Crippen LogP contribution in [-0.2, 0) is 7.05 Å². The molecule has 1 N–H and O–H groups in total. The molecule has 0 atom stereocenters. The molecule has 0 bridgehead atoms. The van der Waals surface area contributed by atoms with E-state index >= 15 is 0 Å². The summed E-state index contributed by atoms with van der Waals surface area (Å²) in [5.74, 6) is -0.169. The van der Waals surface area contributed by atoms with Gasteiger partial charge in [0.15, 0.2) is 5.16 Å². The molecule has 0 unspecified atom stereocenters. The lowest BCUT2D eigenvalue weighted by Crippen LogP contribution is -2.10. The Labute approximate surface area is 166 Å². The molecule has 0 aliphatic rings. The molecule has 4 aromatic rings. The van der Waals surface area contributed by atoms with Crippen LogP contribution in [0.4, 0.5) is 5.69 Å². The van der Waals surface area contributed by atoms with Gasteiger partial charge in [-0.1, -0.05) is 46.7 Å². The van der Waals surface area contributed by atoms with Crippen LogP contribution in [-0.4, -0.2) is 20.6 Å². The Hall–Kier alpha value is -3.32. The summed E-state index contributed by atoms with van der Waals surface area (Å²) in [7, 11) is 1.95. The van der Waals surface area contributed by atoms with Gasteiger partial charge in [-0.3, -0.25) is 4.79 Å². The maximum Gasteiger partial charge on any atom is 0.294 e. The third kappa shape index (κ3) is 3.99. The molecule has 0 radical (unpaired) electrons. The normalized spacial score (nSPS) is 10.8. The molecule has 0 aliphatic carbocycles. The van der Waals surface area contributed by atoms with Gasteiger partial charge in [-0.15, -0.1) is 0 Å². The third-order valence-corrected chi connectivity index (χ3v) is 5.26. The molecule has 7 heteroatoms. The van der Waals surface area contributed by atoms with E-state index < -0.39 is 0 Å². The molecule has 28 heavy (non-hydrogen) atoms. The van der Waals surface area contributed by atoms with Crippen LogP contribution < -0.4 is 5.32 Å². The predicted octanol–water partition coefficient (Wildman–Crippen LogP) is 4.79. The van der Waals surface area contributed by atoms with Gasteiger partial charge in [0, 0.05) is 41.7 Å². The highest BCUT2D eigenvalue weighted by atomic mass is 32.2. The molecule has 0 fully saturated rings. The number of imidazole rings is 1. The van der Waals surface area contributed by atoms with Gasteiger partial charge in [-0.2, -0.15) is 0 Å². The Balaban J connectivity index is 1.42. The summed E-state index contributed by atoms with van der Waals surface area (Å²) in [6.45, 7) is 2.02. The second kappa shape index (κ2) is 7.74. The Morgan fingerprint density at radius 2 is 1.86 bits per heavy atom. The van der Waals surface area contributed by atoms with Crippen LogP contribution in [0, 0.1) is 6.92 Å². The minimum Gasteiger partial charge on any atom is -0.350 e. The second-order valence-electron chi connectivity index (χ2n) is 6.34. The van der Waals surface area contributed by atoms with E-state index in [0.29, 0.717) is 11.4 Å². The van der Waals surface area contributed by atoms with Crippen molar-refractivity contribution < 1.29 is 9.32 Å². The molecule has 6 nitrogen and oxygen atoms in total. The van der Waals surface area contributed by atoms with Gasteiger partial charge in [0.05, 0.1) is 0 Å². The average molecular weight is 390 g/mol. The first-order chi connectivity index (χ1) is 13.6. The summed E-state index contributed by atoms with van der Waals surface area (Å²) in [6, 6.07) is 17.1. The lowest BCUT2D eigenvalue weighted by molar-refractivity contribution is 0.0988. The fraction of sp³-hybridized carbons (Fsp3) is 0.0952. The number of benzene rings is 2. The van der Waals surface area contributed by atoms with Gasteiger partial charge in [0.2, 0.25) is 5.76 Å². The Morgan fingerprint density at radius 1 is 1.11 bits per heavy atom. The van der Waals surface area contributed by atoms with Gasteiger partial charge in [-0.05, 0) is 31.2 Å². The maximum absolute atomic E-state index is 12.4. The molecule has 4 rings (SSSR count). The number of aryl methyl sites for hydroxylation is 2. The molecule has 140 valence electrons. The molecule has 2 aromatic heterocycles. The van der Waals surface area contributed by atoms with Crippen LogP contribution in [0.15, 0.2) is 81.6 Å². The lowest BCUT2D eigenvalue weighted by Gasteiger charge is -2.05. The molecule has 0 aliphatic heterocycles. The maximum atomic E-state index is 12.4. The summed E-state index contributed by atoms with van der Waals surface area (Å²) in [4.78, 5) is 17.8. The van der Waals surface area contributed by atoms with Crippen LogP contribution in [0.25, 0.3) is 11.3 Å². The van der Waals surface area contributed by atoms with Gasteiger partial charge in [0.25, 0.3) is 5.91 Å². The van der Waals surface area contributed by atoms with Crippen LogP contribution in [0.3, 0.4) is 0 Å². The Kier molecular flexibility index (Phi) is 4.99. The van der Waals surface area contributed by atoms with Gasteiger partial charge >= 0.3 is 0 Å². The highest BCUT2D eigenvalue weighted by Gasteiger charge is 2.14. The second-order valence-corrected chi connectivity index (χ2v) is 7.38. The highest BCUT2D eigenvalue weighted by Crippen LogP contribution is 2.27. The van der Waals surface area contributed by atoms with Crippen LogP contribution in [0.2, 0.25) is 0 Å². The van der Waals surface area contributed by atoms with Crippen LogP contribution in [0.5, 0.6) is 0 Å². The number of carbonyl (C=O) groups excluding carboxylic acids is 1. The van der Waals surface area contributed by atoms with E-state index in [4.69, 9.17) is 4.52 Å². The van der Waals surface area contributed by atoms with E-state index in [-0.39, 0.29) is 11.7 Å². The standard InChI is InChI=1S/C21H18N4O2S/c1-14-3-5-15(6-4-14)18-13-19(27-24-18)20(26)23-16-7-9-17(10-8-16)28-21-22-11-12-25(21)2/h3-13H,1-2H3,(H,23,26). The number of aromatic nitrogens is 3. The van der Waals surface area contributed by atoms with E-state index in [1.165, 1.54) is 0 Å². The third-order valence-electron chi connectivity index (χ3n) is 4.18. The van der Waals surface area contributed by atoms with Crippen molar-refractivity contribution in [1.29, 1.82) is 0 Å². The first-order valence-electron chi connectivity index (χ1n) is 8.69. The van der Waals surface area contributed by atoms with Gasteiger partial charge in [0.1, 0.15) is 5.69 Å². The molecule has 2 heterocycles. The molecule has 0 saturated heterocycles. The van der Waals surface area contributed by atoms with Gasteiger partial charge in [-0.25, -0.2) is 4.98 Å². The number of anilines is 1. The minimum absolute atomic E-state index is 0.169. The van der Waals surface area contributed by atoms with Crippen LogP contribution >= 0.6 is 11.8 Å². The van der Waals surface area contributed by atoms with Gasteiger partial charge < -0.3 is 14.4 Å². The van der Waals surface area contributed by atoms with Crippen molar-refractivity contribution in [1.82, 2.24) is 14.7 Å². The molecule has 0 saturated carbocycles. The molecule has 0 spiro atoms. The zero-order valence-corrected chi connectivity index (χ0v) is 16.2. The Morgan fingerprint density at radius 3 is 2.54 bits per heavy atom. The quantitative estimate of drug-likeness (QED) is 0.530. The number of nitrogens with one attached hydrogen (secondary N) is 1. The fourth-order valence-corrected chi connectivity index (χ4v) is 3.40.